The number of alkyl carbamates (subject to hydrolysis) is 1. The second-order valence-corrected chi connectivity index (χ2v) is 8.19. The van der Waals surface area contributed by atoms with Crippen LogP contribution in [0.2, 0.25) is 0 Å². The van der Waals surface area contributed by atoms with Gasteiger partial charge in [-0.05, 0) is 47.0 Å². The maximum absolute atomic E-state index is 12.3. The van der Waals surface area contributed by atoms with Crippen molar-refractivity contribution in [2.75, 3.05) is 12.3 Å². The summed E-state index contributed by atoms with van der Waals surface area (Å²) in [6.07, 6.45) is 0.962. The van der Waals surface area contributed by atoms with E-state index in [9.17, 15) is 18.0 Å². The summed E-state index contributed by atoms with van der Waals surface area (Å²) in [5.74, 6) is -0.724. The first-order chi connectivity index (χ1) is 9.57. The second-order valence-electron chi connectivity index (χ2n) is 6.01. The van der Waals surface area contributed by atoms with Crippen molar-refractivity contribution < 1.29 is 22.7 Å². The van der Waals surface area contributed by atoms with E-state index in [0.29, 0.717) is 19.3 Å². The standard InChI is InChI=1S/C13H24N2O5S/c1-5-21(18,19)15-9-7-6-8-10(11(15)16)14-12(17)20-13(2,3)4/h10H,5-9H2,1-4H3,(H,14,17)/t10-/m0/s1. The molecule has 7 nitrogen and oxygen atoms in total. The Balaban J connectivity index is 2.82. The minimum Gasteiger partial charge on any atom is -0.444 e. The Morgan fingerprint density at radius 1 is 1.38 bits per heavy atom. The topological polar surface area (TPSA) is 92.8 Å². The van der Waals surface area contributed by atoms with Crippen molar-refractivity contribution in [1.82, 2.24) is 9.62 Å². The molecule has 1 heterocycles. The maximum Gasteiger partial charge on any atom is 0.408 e. The third kappa shape index (κ3) is 5.18. The molecule has 0 saturated carbocycles. The molecule has 0 aliphatic carbocycles. The Morgan fingerprint density at radius 2 is 2.00 bits per heavy atom. The summed E-state index contributed by atoms with van der Waals surface area (Å²) < 4.78 is 29.9. The fraction of sp³-hybridized carbons (Fsp3) is 0.846. The fourth-order valence-corrected chi connectivity index (χ4v) is 3.15. The van der Waals surface area contributed by atoms with Gasteiger partial charge in [-0.15, -0.1) is 0 Å². The van der Waals surface area contributed by atoms with Crippen LogP contribution < -0.4 is 5.32 Å². The fourth-order valence-electron chi connectivity index (χ4n) is 2.03. The van der Waals surface area contributed by atoms with E-state index in [1.807, 2.05) is 0 Å². The smallest absolute Gasteiger partial charge is 0.408 e. The third-order valence-electron chi connectivity index (χ3n) is 3.04. The van der Waals surface area contributed by atoms with Crippen molar-refractivity contribution >= 4 is 22.0 Å². The molecular weight excluding hydrogens is 296 g/mol. The lowest BCUT2D eigenvalue weighted by Gasteiger charge is -2.25. The highest BCUT2D eigenvalue weighted by molar-refractivity contribution is 7.89. The van der Waals surface area contributed by atoms with Gasteiger partial charge in [0.1, 0.15) is 11.6 Å². The number of rotatable bonds is 3. The molecule has 0 unspecified atom stereocenters. The van der Waals surface area contributed by atoms with Crippen molar-refractivity contribution in [3.63, 3.8) is 0 Å². The summed E-state index contributed by atoms with van der Waals surface area (Å²) in [6, 6.07) is -0.858. The van der Waals surface area contributed by atoms with E-state index in [0.717, 1.165) is 4.31 Å². The molecule has 122 valence electrons. The molecule has 2 amide bonds. The monoisotopic (exact) mass is 320 g/mol. The predicted molar refractivity (Wildman–Crippen MR) is 78.2 cm³/mol. The minimum absolute atomic E-state index is 0.141. The van der Waals surface area contributed by atoms with Gasteiger partial charge in [-0.3, -0.25) is 4.79 Å². The highest BCUT2D eigenvalue weighted by Gasteiger charge is 2.35. The SMILES string of the molecule is CCS(=O)(=O)N1CCCC[C@H](NC(=O)OC(C)(C)C)C1=O. The number of carbonyl (C=O) groups is 2. The highest BCUT2D eigenvalue weighted by Crippen LogP contribution is 2.17. The van der Waals surface area contributed by atoms with E-state index in [1.54, 1.807) is 20.8 Å². The predicted octanol–water partition coefficient (Wildman–Crippen LogP) is 1.24. The Hall–Kier alpha value is -1.31. The van der Waals surface area contributed by atoms with Gasteiger partial charge in [0.05, 0.1) is 5.75 Å². The van der Waals surface area contributed by atoms with Gasteiger partial charge in [0.2, 0.25) is 10.0 Å². The molecule has 1 fully saturated rings. The first-order valence-electron chi connectivity index (χ1n) is 7.10. The molecule has 0 aromatic rings. The molecule has 8 heteroatoms. The van der Waals surface area contributed by atoms with Gasteiger partial charge >= 0.3 is 6.09 Å². The molecule has 1 saturated heterocycles. The molecule has 1 rings (SSSR count). The van der Waals surface area contributed by atoms with Gasteiger partial charge in [-0.2, -0.15) is 0 Å². The summed E-state index contributed by atoms with van der Waals surface area (Å²) in [5.41, 5.74) is -0.674. The average Bonchev–Trinajstić information content (AvgIpc) is 2.50. The van der Waals surface area contributed by atoms with Crippen LogP contribution in [0.4, 0.5) is 4.79 Å². The molecule has 21 heavy (non-hydrogen) atoms. The van der Waals surface area contributed by atoms with Crippen molar-refractivity contribution in [2.24, 2.45) is 0 Å². The zero-order valence-electron chi connectivity index (χ0n) is 13.0. The lowest BCUT2D eigenvalue weighted by molar-refractivity contribution is -0.128. The van der Waals surface area contributed by atoms with Gasteiger partial charge in [0.25, 0.3) is 5.91 Å². The van der Waals surface area contributed by atoms with Crippen LogP contribution in [0.15, 0.2) is 0 Å². The number of carbonyl (C=O) groups excluding carboxylic acids is 2. The van der Waals surface area contributed by atoms with E-state index in [4.69, 9.17) is 4.74 Å². The molecule has 0 aromatic carbocycles. The van der Waals surface area contributed by atoms with Gasteiger partial charge < -0.3 is 10.1 Å². The van der Waals surface area contributed by atoms with Crippen LogP contribution in [0.25, 0.3) is 0 Å². The van der Waals surface area contributed by atoms with Crippen molar-refractivity contribution in [3.8, 4) is 0 Å². The lowest BCUT2D eigenvalue weighted by Crippen LogP contribution is -2.50. The Bertz CT molecular complexity index is 495. The second kappa shape index (κ2) is 6.64. The molecule has 1 aliphatic rings. The van der Waals surface area contributed by atoms with E-state index < -0.39 is 33.7 Å². The zero-order valence-corrected chi connectivity index (χ0v) is 13.8. The molecule has 0 bridgehead atoms. The van der Waals surface area contributed by atoms with Gasteiger partial charge in [0, 0.05) is 6.54 Å². The van der Waals surface area contributed by atoms with Crippen LogP contribution >= 0.6 is 0 Å². The van der Waals surface area contributed by atoms with Gasteiger partial charge in [-0.25, -0.2) is 17.5 Å². The first kappa shape index (κ1) is 17.7. The summed E-state index contributed by atoms with van der Waals surface area (Å²) in [7, 11) is -3.61. The van der Waals surface area contributed by atoms with E-state index >= 15 is 0 Å². The quantitative estimate of drug-likeness (QED) is 0.844. The number of nitrogens with zero attached hydrogens (tertiary/aromatic N) is 1. The van der Waals surface area contributed by atoms with E-state index in [2.05, 4.69) is 5.32 Å². The van der Waals surface area contributed by atoms with Crippen LogP contribution in [-0.2, 0) is 19.6 Å². The molecule has 1 atom stereocenters. The number of sulfonamides is 1. The molecule has 0 aromatic heterocycles. The van der Waals surface area contributed by atoms with Gasteiger partial charge in [-0.1, -0.05) is 0 Å². The largest absolute Gasteiger partial charge is 0.444 e. The molecule has 1 aliphatic heterocycles. The summed E-state index contributed by atoms with van der Waals surface area (Å²) in [4.78, 5) is 24.1. The molecule has 0 radical (unpaired) electrons. The number of hydrogen-bond donors (Lipinski definition) is 1. The lowest BCUT2D eigenvalue weighted by atomic mass is 10.1. The summed E-state index contributed by atoms with van der Waals surface area (Å²) in [6.45, 7) is 6.81. The number of ether oxygens (including phenoxy) is 1. The first-order valence-corrected chi connectivity index (χ1v) is 8.71. The van der Waals surface area contributed by atoms with Crippen LogP contribution in [0.5, 0.6) is 0 Å². The number of hydrogen-bond acceptors (Lipinski definition) is 5. The van der Waals surface area contributed by atoms with Crippen LogP contribution in [0.1, 0.15) is 47.0 Å². The zero-order chi connectivity index (χ0) is 16.3. The summed E-state index contributed by atoms with van der Waals surface area (Å²) in [5, 5.41) is 2.47. The molecule has 1 N–H and O–H groups in total. The molecular formula is C13H24N2O5S. The van der Waals surface area contributed by atoms with E-state index in [-0.39, 0.29) is 12.3 Å². The van der Waals surface area contributed by atoms with Crippen LogP contribution in [0.3, 0.4) is 0 Å². The summed E-state index contributed by atoms with van der Waals surface area (Å²) >= 11 is 0. The van der Waals surface area contributed by atoms with E-state index in [1.165, 1.54) is 6.92 Å². The third-order valence-corrected chi connectivity index (χ3v) is 4.80. The maximum atomic E-state index is 12.3. The van der Waals surface area contributed by atoms with Crippen molar-refractivity contribution in [1.29, 1.82) is 0 Å². The highest BCUT2D eigenvalue weighted by atomic mass is 32.2. The molecule has 0 spiro atoms. The van der Waals surface area contributed by atoms with Crippen molar-refractivity contribution in [3.05, 3.63) is 0 Å². The number of amides is 2. The average molecular weight is 320 g/mol. The Labute approximate surface area is 126 Å². The Morgan fingerprint density at radius 3 is 2.52 bits per heavy atom. The normalized spacial score (nSPS) is 20.9. The van der Waals surface area contributed by atoms with Crippen LogP contribution in [-0.4, -0.2) is 48.7 Å². The van der Waals surface area contributed by atoms with Crippen molar-refractivity contribution in [2.45, 2.75) is 58.6 Å². The minimum atomic E-state index is -3.61. The van der Waals surface area contributed by atoms with Crippen LogP contribution in [0, 0.1) is 0 Å². The van der Waals surface area contributed by atoms with Gasteiger partial charge in [0.15, 0.2) is 0 Å². The number of nitrogens with one attached hydrogen (secondary N) is 1. The Kier molecular flexibility index (Phi) is 5.61.